The number of amides is 1. The van der Waals surface area contributed by atoms with E-state index in [1.54, 1.807) is 11.0 Å². The van der Waals surface area contributed by atoms with Crippen molar-refractivity contribution in [1.29, 1.82) is 0 Å². The molecule has 118 valence electrons. The number of carbonyl (C=O) groups is 1. The van der Waals surface area contributed by atoms with E-state index < -0.39 is 0 Å². The zero-order chi connectivity index (χ0) is 16.4. The van der Waals surface area contributed by atoms with E-state index in [9.17, 15) is 4.79 Å². The second-order valence-corrected chi connectivity index (χ2v) is 7.60. The van der Waals surface area contributed by atoms with E-state index in [1.807, 2.05) is 13.1 Å². The second kappa shape index (κ2) is 6.78. The van der Waals surface area contributed by atoms with Crippen molar-refractivity contribution in [3.05, 3.63) is 28.5 Å². The van der Waals surface area contributed by atoms with Crippen LogP contribution < -0.4 is 0 Å². The van der Waals surface area contributed by atoms with Crippen LogP contribution in [0, 0.1) is 5.92 Å². The lowest BCUT2D eigenvalue weighted by atomic mass is 9.90. The molecule has 0 aromatic carbocycles. The van der Waals surface area contributed by atoms with Gasteiger partial charge in [-0.3, -0.25) is 4.79 Å². The van der Waals surface area contributed by atoms with Crippen LogP contribution in [0.5, 0.6) is 0 Å². The molecule has 0 saturated heterocycles. The molecule has 1 amide bonds. The molecule has 0 N–H and O–H groups in total. The van der Waals surface area contributed by atoms with Crippen LogP contribution in [0.25, 0.3) is 0 Å². The summed E-state index contributed by atoms with van der Waals surface area (Å²) in [5.74, 6) is 0.555. The second-order valence-electron chi connectivity index (χ2n) is 7.21. The smallest absolute Gasteiger partial charge is 0.254 e. The minimum absolute atomic E-state index is 0.00190. The summed E-state index contributed by atoms with van der Waals surface area (Å²) < 4.78 is 0. The van der Waals surface area contributed by atoms with Crippen LogP contribution in [0.15, 0.2) is 12.1 Å². The third kappa shape index (κ3) is 4.99. The zero-order valence-corrected chi connectivity index (χ0v) is 15.0. The van der Waals surface area contributed by atoms with Gasteiger partial charge in [-0.05, 0) is 31.4 Å². The normalized spacial score (nSPS) is 13.4. The molecule has 1 heterocycles. The highest BCUT2D eigenvalue weighted by molar-refractivity contribution is 6.29. The average molecular weight is 311 g/mol. The summed E-state index contributed by atoms with van der Waals surface area (Å²) in [5.41, 5.74) is 1.31. The molecule has 1 aromatic rings. The Morgan fingerprint density at radius 1 is 1.29 bits per heavy atom. The minimum Gasteiger partial charge on any atom is -0.339 e. The average Bonchev–Trinajstić information content (AvgIpc) is 2.34. The van der Waals surface area contributed by atoms with Gasteiger partial charge in [-0.2, -0.15) is 0 Å². The number of pyridine rings is 1. The Bertz CT molecular complexity index is 506. The molecule has 21 heavy (non-hydrogen) atoms. The van der Waals surface area contributed by atoms with E-state index >= 15 is 0 Å². The largest absolute Gasteiger partial charge is 0.339 e. The quantitative estimate of drug-likeness (QED) is 0.765. The molecule has 0 fully saturated rings. The van der Waals surface area contributed by atoms with Crippen molar-refractivity contribution in [2.45, 2.75) is 59.4 Å². The molecule has 4 heteroatoms. The Morgan fingerprint density at radius 2 is 1.86 bits per heavy atom. The lowest BCUT2D eigenvalue weighted by Crippen LogP contribution is -2.36. The van der Waals surface area contributed by atoms with Gasteiger partial charge in [0.2, 0.25) is 0 Å². The predicted octanol–water partition coefficient (Wildman–Crippen LogP) is 4.54. The number of aromatic nitrogens is 1. The van der Waals surface area contributed by atoms with E-state index in [2.05, 4.69) is 46.5 Å². The Morgan fingerprint density at radius 3 is 2.33 bits per heavy atom. The van der Waals surface area contributed by atoms with Crippen molar-refractivity contribution in [1.82, 2.24) is 9.88 Å². The summed E-state index contributed by atoms with van der Waals surface area (Å²) in [7, 11) is 1.85. The van der Waals surface area contributed by atoms with E-state index in [4.69, 9.17) is 11.6 Å². The molecule has 1 unspecified atom stereocenters. The van der Waals surface area contributed by atoms with Gasteiger partial charge in [-0.25, -0.2) is 4.98 Å². The van der Waals surface area contributed by atoms with Crippen molar-refractivity contribution in [3.8, 4) is 0 Å². The van der Waals surface area contributed by atoms with E-state index in [0.29, 0.717) is 16.6 Å². The Balaban J connectivity index is 3.05. The first-order valence-electron chi connectivity index (χ1n) is 7.47. The maximum Gasteiger partial charge on any atom is 0.254 e. The van der Waals surface area contributed by atoms with Gasteiger partial charge in [-0.1, -0.05) is 46.2 Å². The highest BCUT2D eigenvalue weighted by Crippen LogP contribution is 2.24. The number of halogens is 1. The van der Waals surface area contributed by atoms with Gasteiger partial charge >= 0.3 is 0 Å². The van der Waals surface area contributed by atoms with Crippen LogP contribution in [0.3, 0.4) is 0 Å². The van der Waals surface area contributed by atoms with E-state index in [-0.39, 0.29) is 17.4 Å². The third-order valence-corrected chi connectivity index (χ3v) is 3.80. The molecule has 0 bridgehead atoms. The van der Waals surface area contributed by atoms with Crippen molar-refractivity contribution in [3.63, 3.8) is 0 Å². The first-order valence-corrected chi connectivity index (χ1v) is 7.85. The van der Waals surface area contributed by atoms with Gasteiger partial charge in [0.05, 0.1) is 0 Å². The molecule has 1 aromatic heterocycles. The molecule has 3 nitrogen and oxygen atoms in total. The number of carbonyl (C=O) groups excluding carboxylic acids is 1. The van der Waals surface area contributed by atoms with Gasteiger partial charge in [0.25, 0.3) is 5.91 Å². The highest BCUT2D eigenvalue weighted by Gasteiger charge is 2.22. The summed E-state index contributed by atoms with van der Waals surface area (Å²) in [6.45, 7) is 12.6. The number of hydrogen-bond donors (Lipinski definition) is 0. The van der Waals surface area contributed by atoms with Gasteiger partial charge in [0, 0.05) is 29.8 Å². The number of rotatable bonds is 4. The summed E-state index contributed by atoms with van der Waals surface area (Å²) in [4.78, 5) is 18.8. The molecule has 0 saturated carbocycles. The predicted molar refractivity (Wildman–Crippen MR) is 89.0 cm³/mol. The SMILES string of the molecule is CC(C)CC(C)N(C)C(=O)c1cc(Cl)nc(C(C)(C)C)c1. The molecule has 0 aliphatic rings. The van der Waals surface area contributed by atoms with Crippen LogP contribution in [0.1, 0.15) is 64.0 Å². The van der Waals surface area contributed by atoms with Crippen LogP contribution in [0.4, 0.5) is 0 Å². The summed E-state index contributed by atoms with van der Waals surface area (Å²) in [6.07, 6.45) is 0.979. The monoisotopic (exact) mass is 310 g/mol. The molecular weight excluding hydrogens is 284 g/mol. The fourth-order valence-corrected chi connectivity index (χ4v) is 2.46. The first-order chi connectivity index (χ1) is 9.52. The fraction of sp³-hybridized carbons (Fsp3) is 0.647. The molecular formula is C17H27ClN2O. The van der Waals surface area contributed by atoms with E-state index in [0.717, 1.165) is 12.1 Å². The van der Waals surface area contributed by atoms with Crippen LogP contribution in [-0.2, 0) is 5.41 Å². The van der Waals surface area contributed by atoms with Gasteiger partial charge < -0.3 is 4.90 Å². The molecule has 0 spiro atoms. The molecule has 1 rings (SSSR count). The maximum absolute atomic E-state index is 12.6. The molecule has 0 radical (unpaired) electrons. The Labute approximate surface area is 133 Å². The lowest BCUT2D eigenvalue weighted by molar-refractivity contribution is 0.0728. The van der Waals surface area contributed by atoms with Crippen LogP contribution in [-0.4, -0.2) is 28.9 Å². The van der Waals surface area contributed by atoms with Crippen molar-refractivity contribution >= 4 is 17.5 Å². The summed E-state index contributed by atoms with van der Waals surface area (Å²) >= 11 is 6.09. The standard InChI is InChI=1S/C17H27ClN2O/c1-11(2)8-12(3)20(7)16(21)13-9-14(17(4,5)6)19-15(18)10-13/h9-12H,8H2,1-7H3. The van der Waals surface area contributed by atoms with Gasteiger partial charge in [0.1, 0.15) is 5.15 Å². The minimum atomic E-state index is -0.137. The summed E-state index contributed by atoms with van der Waals surface area (Å²) in [6, 6.07) is 3.70. The maximum atomic E-state index is 12.6. The van der Waals surface area contributed by atoms with Crippen LogP contribution >= 0.6 is 11.6 Å². The third-order valence-electron chi connectivity index (χ3n) is 3.60. The number of hydrogen-bond acceptors (Lipinski definition) is 2. The van der Waals surface area contributed by atoms with Crippen molar-refractivity contribution in [2.75, 3.05) is 7.05 Å². The van der Waals surface area contributed by atoms with E-state index in [1.165, 1.54) is 0 Å². The molecule has 0 aliphatic carbocycles. The highest BCUT2D eigenvalue weighted by atomic mass is 35.5. The Hall–Kier alpha value is -1.09. The summed E-state index contributed by atoms with van der Waals surface area (Å²) in [5, 5.41) is 0.371. The molecule has 0 aliphatic heterocycles. The number of nitrogens with zero attached hydrogens (tertiary/aromatic N) is 2. The van der Waals surface area contributed by atoms with Gasteiger partial charge in [0.15, 0.2) is 0 Å². The Kier molecular flexibility index (Phi) is 5.80. The van der Waals surface area contributed by atoms with Crippen molar-refractivity contribution < 1.29 is 4.79 Å². The van der Waals surface area contributed by atoms with Crippen molar-refractivity contribution in [2.24, 2.45) is 5.92 Å². The zero-order valence-electron chi connectivity index (χ0n) is 14.2. The van der Waals surface area contributed by atoms with Gasteiger partial charge in [-0.15, -0.1) is 0 Å². The first kappa shape index (κ1) is 18.0. The lowest BCUT2D eigenvalue weighted by Gasteiger charge is -2.27. The van der Waals surface area contributed by atoms with Crippen LogP contribution in [0.2, 0.25) is 5.15 Å². The fourth-order valence-electron chi connectivity index (χ4n) is 2.25. The topological polar surface area (TPSA) is 33.2 Å². The molecule has 1 atom stereocenters.